The zero-order valence-corrected chi connectivity index (χ0v) is 26.6. The lowest BCUT2D eigenvalue weighted by atomic mass is 9.98. The zero-order valence-electron chi connectivity index (χ0n) is 25.7. The summed E-state index contributed by atoms with van der Waals surface area (Å²) in [6.07, 6.45) is 1.09. The fraction of sp³-hybridized carbons (Fsp3) is 0.265. The number of carbonyl (C=O) groups is 4. The average molecular weight is 653 g/mol. The molecule has 1 aromatic heterocycles. The van der Waals surface area contributed by atoms with Gasteiger partial charge in [0.15, 0.2) is 0 Å². The number of hydrogen-bond acceptors (Lipinski definition) is 8. The Labute approximate surface area is 276 Å². The number of para-hydroxylation sites is 1. The van der Waals surface area contributed by atoms with Crippen LogP contribution in [0.3, 0.4) is 0 Å². The van der Waals surface area contributed by atoms with Gasteiger partial charge in [0.25, 0.3) is 0 Å². The molecule has 13 heteroatoms. The lowest BCUT2D eigenvalue weighted by Gasteiger charge is -2.55. The number of benzene rings is 3. The van der Waals surface area contributed by atoms with E-state index in [4.69, 9.17) is 5.73 Å². The molecule has 0 radical (unpaired) electrons. The SMILES string of the molecule is C=CCN1CC(=O)N2[C@@H](Cc3ccc(NC(=O)CN)cc3)C(=O)N(Cc3cccc4scnc34)C[C@@H]2N1C(=O)NCc1ccccc1. The van der Waals surface area contributed by atoms with Crippen molar-refractivity contribution in [3.63, 3.8) is 0 Å². The van der Waals surface area contributed by atoms with E-state index < -0.39 is 12.2 Å². The molecule has 3 aromatic carbocycles. The van der Waals surface area contributed by atoms with Crippen LogP contribution in [0.4, 0.5) is 10.5 Å². The second kappa shape index (κ2) is 14.1. The number of carbonyl (C=O) groups excluding carboxylic acids is 4. The van der Waals surface area contributed by atoms with Gasteiger partial charge in [0, 0.05) is 31.7 Å². The largest absolute Gasteiger partial charge is 0.334 e. The monoisotopic (exact) mass is 652 g/mol. The van der Waals surface area contributed by atoms with E-state index in [1.807, 2.05) is 60.7 Å². The number of piperazine rings is 1. The van der Waals surface area contributed by atoms with Gasteiger partial charge in [0.05, 0.1) is 35.4 Å². The van der Waals surface area contributed by atoms with Crippen LogP contribution in [0.15, 0.2) is 91.0 Å². The minimum atomic E-state index is -0.879. The summed E-state index contributed by atoms with van der Waals surface area (Å²) < 4.78 is 1.01. The van der Waals surface area contributed by atoms with E-state index >= 15 is 0 Å². The highest BCUT2D eigenvalue weighted by Gasteiger charge is 2.51. The molecule has 2 saturated heterocycles. The van der Waals surface area contributed by atoms with Crippen LogP contribution in [0.1, 0.15) is 16.7 Å². The van der Waals surface area contributed by atoms with Crippen LogP contribution in [-0.2, 0) is 33.9 Å². The highest BCUT2D eigenvalue weighted by molar-refractivity contribution is 7.16. The van der Waals surface area contributed by atoms with Crippen LogP contribution in [-0.4, -0.2) is 86.9 Å². The quantitative estimate of drug-likeness (QED) is 0.224. The Bertz CT molecular complexity index is 1780. The summed E-state index contributed by atoms with van der Waals surface area (Å²) in [6, 6.07) is 21.3. The van der Waals surface area contributed by atoms with Crippen molar-refractivity contribution in [2.75, 3.05) is 31.5 Å². The Kier molecular flexibility index (Phi) is 9.57. The standard InChI is InChI=1S/C34H36N8O4S/c1-2-15-40-21-31(44)41-27(16-23-11-13-26(14-12-23)38-29(43)17-35)33(45)39(19-25-9-6-10-28-32(25)37-22-47-28)20-30(41)42(40)34(46)36-18-24-7-4-3-5-8-24/h2-14,22,27,30H,1,15-21,35H2,(H,36,46)(H,38,43)/t27-,30-/m0/s1. The van der Waals surface area contributed by atoms with E-state index in [0.29, 0.717) is 12.2 Å². The molecule has 12 nitrogen and oxygen atoms in total. The number of hydrogen-bond donors (Lipinski definition) is 3. The molecule has 47 heavy (non-hydrogen) atoms. The van der Waals surface area contributed by atoms with E-state index in [9.17, 15) is 19.2 Å². The first-order chi connectivity index (χ1) is 22.9. The molecule has 2 aliphatic rings. The van der Waals surface area contributed by atoms with Gasteiger partial charge in [0.1, 0.15) is 12.2 Å². The van der Waals surface area contributed by atoms with Crippen LogP contribution in [0.5, 0.6) is 0 Å². The lowest BCUT2D eigenvalue weighted by molar-refractivity contribution is -0.189. The Morgan fingerprint density at radius 1 is 1.02 bits per heavy atom. The van der Waals surface area contributed by atoms with Crippen LogP contribution in [0.25, 0.3) is 10.2 Å². The second-order valence-corrected chi connectivity index (χ2v) is 12.3. The molecular formula is C34H36N8O4S. The first-order valence-electron chi connectivity index (χ1n) is 15.3. The van der Waals surface area contributed by atoms with Crippen LogP contribution < -0.4 is 16.4 Å². The van der Waals surface area contributed by atoms with Crippen molar-refractivity contribution in [2.45, 2.75) is 31.7 Å². The van der Waals surface area contributed by atoms with E-state index in [1.54, 1.807) is 43.5 Å². The van der Waals surface area contributed by atoms with Gasteiger partial charge in [0.2, 0.25) is 17.7 Å². The number of aromatic nitrogens is 1. The maximum Gasteiger partial charge on any atom is 0.334 e. The van der Waals surface area contributed by atoms with Gasteiger partial charge < -0.3 is 26.2 Å². The van der Waals surface area contributed by atoms with E-state index in [0.717, 1.165) is 26.9 Å². The van der Waals surface area contributed by atoms with E-state index in [1.165, 1.54) is 11.3 Å². The summed E-state index contributed by atoms with van der Waals surface area (Å²) in [5.74, 6) is -0.790. The van der Waals surface area contributed by atoms with Crippen LogP contribution in [0, 0.1) is 0 Å². The smallest absolute Gasteiger partial charge is 0.333 e. The number of fused-ring (bicyclic) bond motifs is 2. The van der Waals surface area contributed by atoms with E-state index in [2.05, 4.69) is 22.2 Å². The summed E-state index contributed by atoms with van der Waals surface area (Å²) >= 11 is 1.53. The molecule has 2 fully saturated rings. The number of nitrogens with zero attached hydrogens (tertiary/aromatic N) is 5. The van der Waals surface area contributed by atoms with Crippen LogP contribution >= 0.6 is 11.3 Å². The van der Waals surface area contributed by atoms with Crippen molar-refractivity contribution in [3.05, 3.63) is 108 Å². The molecule has 3 heterocycles. The third-order valence-electron chi connectivity index (χ3n) is 8.32. The number of hydrazine groups is 1. The Morgan fingerprint density at radius 2 is 1.81 bits per heavy atom. The van der Waals surface area contributed by atoms with Gasteiger partial charge in [-0.3, -0.25) is 14.4 Å². The number of thiazole rings is 1. The molecule has 5 amide bonds. The molecule has 4 aromatic rings. The third-order valence-corrected chi connectivity index (χ3v) is 9.12. The number of nitrogens with two attached hydrogens (primary N) is 1. The minimum absolute atomic E-state index is 0.0900. The van der Waals surface area contributed by atoms with Gasteiger partial charge in [-0.25, -0.2) is 19.8 Å². The summed E-state index contributed by atoms with van der Waals surface area (Å²) in [4.78, 5) is 61.8. The zero-order chi connectivity index (χ0) is 32.9. The van der Waals surface area contributed by atoms with Gasteiger partial charge >= 0.3 is 6.03 Å². The van der Waals surface area contributed by atoms with Gasteiger partial charge in [-0.1, -0.05) is 60.7 Å². The number of nitrogens with one attached hydrogen (secondary N) is 2. The number of amides is 5. The molecular weight excluding hydrogens is 616 g/mol. The molecule has 0 saturated carbocycles. The Morgan fingerprint density at radius 3 is 2.55 bits per heavy atom. The van der Waals surface area contributed by atoms with E-state index in [-0.39, 0.29) is 62.9 Å². The molecule has 242 valence electrons. The van der Waals surface area contributed by atoms with Crippen molar-refractivity contribution in [3.8, 4) is 0 Å². The fourth-order valence-corrected chi connectivity index (χ4v) is 6.86. The summed E-state index contributed by atoms with van der Waals surface area (Å²) in [7, 11) is 0. The number of rotatable bonds is 10. The van der Waals surface area contributed by atoms with Gasteiger partial charge in [-0.2, -0.15) is 0 Å². The van der Waals surface area contributed by atoms with Crippen molar-refractivity contribution in [1.29, 1.82) is 0 Å². The molecule has 0 unspecified atom stereocenters. The number of urea groups is 1. The predicted octanol–water partition coefficient (Wildman–Crippen LogP) is 2.93. The summed E-state index contributed by atoms with van der Waals surface area (Å²) in [6.45, 7) is 4.55. The lowest BCUT2D eigenvalue weighted by Crippen LogP contribution is -2.76. The average Bonchev–Trinajstić information content (AvgIpc) is 3.57. The summed E-state index contributed by atoms with van der Waals surface area (Å²) in [5, 5.41) is 8.97. The maximum atomic E-state index is 14.3. The van der Waals surface area contributed by atoms with Gasteiger partial charge in [-0.15, -0.1) is 17.9 Å². The normalized spacial score (nSPS) is 18.3. The molecule has 6 rings (SSSR count). The van der Waals surface area contributed by atoms with Crippen molar-refractivity contribution < 1.29 is 19.2 Å². The number of anilines is 1. The summed E-state index contributed by atoms with van der Waals surface area (Å²) in [5.41, 5.74) is 11.2. The van der Waals surface area contributed by atoms with Crippen molar-refractivity contribution >= 4 is 51.0 Å². The molecule has 2 aliphatic heterocycles. The van der Waals surface area contributed by atoms with Crippen LogP contribution in [0.2, 0.25) is 0 Å². The molecule has 0 bridgehead atoms. The van der Waals surface area contributed by atoms with Gasteiger partial charge in [-0.05, 0) is 34.9 Å². The third kappa shape index (κ3) is 6.87. The first-order valence-corrected chi connectivity index (χ1v) is 16.2. The Hall–Kier alpha value is -5.11. The van der Waals surface area contributed by atoms with Crippen molar-refractivity contribution in [2.24, 2.45) is 5.73 Å². The topological polar surface area (TPSA) is 144 Å². The molecule has 0 spiro atoms. The first kappa shape index (κ1) is 31.9. The Balaban J connectivity index is 1.34. The molecule has 2 atom stereocenters. The highest BCUT2D eigenvalue weighted by Crippen LogP contribution is 2.31. The van der Waals surface area contributed by atoms with Crippen molar-refractivity contribution in [1.82, 2.24) is 30.1 Å². The highest BCUT2D eigenvalue weighted by atomic mass is 32.1. The second-order valence-electron chi connectivity index (χ2n) is 11.4. The molecule has 0 aliphatic carbocycles. The molecule has 4 N–H and O–H groups in total. The minimum Gasteiger partial charge on any atom is -0.333 e. The predicted molar refractivity (Wildman–Crippen MR) is 180 cm³/mol. The maximum absolute atomic E-state index is 14.3. The fourth-order valence-electron chi connectivity index (χ4n) is 6.14.